The first-order valence-electron chi connectivity index (χ1n) is 8.31. The molecule has 27 heavy (non-hydrogen) atoms. The van der Waals surface area contributed by atoms with Crippen LogP contribution in [0.1, 0.15) is 23.4 Å². The minimum Gasteiger partial charge on any atom is -0.493 e. The minimum atomic E-state index is -0.165. The fourth-order valence-corrected chi connectivity index (χ4v) is 3.12. The molecule has 2 aromatic heterocycles. The highest BCUT2D eigenvalue weighted by Crippen LogP contribution is 2.36. The average molecular weight is 390 g/mol. The Morgan fingerprint density at radius 2 is 1.93 bits per heavy atom. The molecule has 3 aromatic rings. The molecule has 2 heterocycles. The van der Waals surface area contributed by atoms with Crippen LogP contribution in [0.2, 0.25) is 5.02 Å². The predicted octanol–water partition coefficient (Wildman–Crippen LogP) is 2.98. The van der Waals surface area contributed by atoms with Gasteiger partial charge < -0.3 is 14.8 Å². The zero-order valence-electron chi connectivity index (χ0n) is 15.5. The van der Waals surface area contributed by atoms with E-state index in [1.54, 1.807) is 16.6 Å². The molecule has 9 heteroatoms. The van der Waals surface area contributed by atoms with Crippen LogP contribution in [0.15, 0.2) is 18.5 Å². The number of amides is 1. The summed E-state index contributed by atoms with van der Waals surface area (Å²) in [5.74, 6) is 1.38. The van der Waals surface area contributed by atoms with E-state index in [-0.39, 0.29) is 12.3 Å². The van der Waals surface area contributed by atoms with E-state index in [2.05, 4.69) is 20.4 Å². The van der Waals surface area contributed by atoms with Crippen molar-refractivity contribution in [1.29, 1.82) is 0 Å². The number of nitrogens with one attached hydrogen (secondary N) is 1. The second-order valence-electron chi connectivity index (χ2n) is 5.97. The fraction of sp³-hybridized carbons (Fsp3) is 0.333. The van der Waals surface area contributed by atoms with Crippen molar-refractivity contribution in [3.8, 4) is 11.5 Å². The molecule has 0 aliphatic rings. The van der Waals surface area contributed by atoms with Crippen molar-refractivity contribution in [3.05, 3.63) is 40.4 Å². The third-order valence-corrected chi connectivity index (χ3v) is 4.65. The molecule has 0 saturated heterocycles. The van der Waals surface area contributed by atoms with E-state index in [1.807, 2.05) is 13.8 Å². The van der Waals surface area contributed by atoms with E-state index in [4.69, 9.17) is 21.1 Å². The number of halogens is 1. The minimum absolute atomic E-state index is 0.165. The standard InChI is InChI=1S/C18H20ClN5O3/c1-10-12(11(2)24-18(22-10)20-9-21-24)5-6-17(25)23-14-8-16(27-4)15(26-3)7-13(14)19/h7-9H,5-6H2,1-4H3,(H,23,25). The van der Waals surface area contributed by atoms with Crippen LogP contribution in [0, 0.1) is 13.8 Å². The highest BCUT2D eigenvalue weighted by atomic mass is 35.5. The molecular weight excluding hydrogens is 370 g/mol. The van der Waals surface area contributed by atoms with Gasteiger partial charge in [-0.05, 0) is 25.8 Å². The second-order valence-corrected chi connectivity index (χ2v) is 6.38. The Kier molecular flexibility index (Phi) is 5.46. The molecule has 8 nitrogen and oxygen atoms in total. The second kappa shape index (κ2) is 7.79. The van der Waals surface area contributed by atoms with Gasteiger partial charge in [0, 0.05) is 29.9 Å². The number of benzene rings is 1. The Hall–Kier alpha value is -2.87. The van der Waals surface area contributed by atoms with Crippen LogP contribution in [-0.2, 0) is 11.2 Å². The number of hydrogen-bond acceptors (Lipinski definition) is 6. The third-order valence-electron chi connectivity index (χ3n) is 4.34. The first-order chi connectivity index (χ1) is 12.9. The maximum absolute atomic E-state index is 12.4. The molecule has 0 radical (unpaired) electrons. The van der Waals surface area contributed by atoms with Gasteiger partial charge in [0.15, 0.2) is 11.5 Å². The van der Waals surface area contributed by atoms with Crippen molar-refractivity contribution in [3.63, 3.8) is 0 Å². The zero-order valence-corrected chi connectivity index (χ0v) is 16.3. The number of hydrogen-bond donors (Lipinski definition) is 1. The number of rotatable bonds is 6. The summed E-state index contributed by atoms with van der Waals surface area (Å²) in [5, 5.41) is 7.35. The Morgan fingerprint density at radius 3 is 2.63 bits per heavy atom. The molecule has 1 N–H and O–H groups in total. The normalized spacial score (nSPS) is 10.9. The van der Waals surface area contributed by atoms with Crippen molar-refractivity contribution in [1.82, 2.24) is 19.6 Å². The molecule has 0 spiro atoms. The highest BCUT2D eigenvalue weighted by molar-refractivity contribution is 6.34. The number of anilines is 1. The van der Waals surface area contributed by atoms with E-state index in [1.165, 1.54) is 20.5 Å². The average Bonchev–Trinajstić information content (AvgIpc) is 3.11. The van der Waals surface area contributed by atoms with Crippen LogP contribution in [0.5, 0.6) is 11.5 Å². The van der Waals surface area contributed by atoms with Gasteiger partial charge in [0.05, 0.1) is 24.9 Å². The third kappa shape index (κ3) is 3.80. The number of fused-ring (bicyclic) bond motifs is 1. The predicted molar refractivity (Wildman–Crippen MR) is 102 cm³/mol. The Balaban J connectivity index is 1.74. The van der Waals surface area contributed by atoms with Gasteiger partial charge >= 0.3 is 0 Å². The number of methoxy groups -OCH3 is 2. The summed E-state index contributed by atoms with van der Waals surface area (Å²) in [6.07, 6.45) is 2.26. The Labute approximate surface area is 161 Å². The Morgan fingerprint density at radius 1 is 1.22 bits per heavy atom. The maximum atomic E-state index is 12.4. The summed E-state index contributed by atoms with van der Waals surface area (Å²) < 4.78 is 12.1. The molecular formula is C18H20ClN5O3. The quantitative estimate of drug-likeness (QED) is 0.697. The van der Waals surface area contributed by atoms with Gasteiger partial charge in [-0.2, -0.15) is 10.1 Å². The fourth-order valence-electron chi connectivity index (χ4n) is 2.92. The van der Waals surface area contributed by atoms with Gasteiger partial charge in [0.1, 0.15) is 6.33 Å². The summed E-state index contributed by atoms with van der Waals surface area (Å²) in [4.78, 5) is 20.9. The van der Waals surface area contributed by atoms with Gasteiger partial charge in [-0.3, -0.25) is 4.79 Å². The van der Waals surface area contributed by atoms with Gasteiger partial charge in [0.2, 0.25) is 5.91 Å². The Bertz CT molecular complexity index is 1000. The molecule has 0 atom stereocenters. The lowest BCUT2D eigenvalue weighted by Crippen LogP contribution is -2.14. The molecule has 0 fully saturated rings. The van der Waals surface area contributed by atoms with Gasteiger partial charge in [0.25, 0.3) is 5.78 Å². The van der Waals surface area contributed by atoms with Crippen molar-refractivity contribution < 1.29 is 14.3 Å². The topological polar surface area (TPSA) is 90.6 Å². The molecule has 0 saturated carbocycles. The van der Waals surface area contributed by atoms with Gasteiger partial charge in [-0.1, -0.05) is 11.6 Å². The number of carbonyl (C=O) groups excluding carboxylic acids is 1. The molecule has 0 bridgehead atoms. The molecule has 0 aliphatic carbocycles. The molecule has 142 valence electrons. The van der Waals surface area contributed by atoms with E-state index >= 15 is 0 Å². The molecule has 3 rings (SSSR count). The van der Waals surface area contributed by atoms with E-state index < -0.39 is 0 Å². The molecule has 0 unspecified atom stereocenters. The highest BCUT2D eigenvalue weighted by Gasteiger charge is 2.15. The SMILES string of the molecule is COc1cc(Cl)c(NC(=O)CCc2c(C)nc3ncnn3c2C)cc1OC. The van der Waals surface area contributed by atoms with Gasteiger partial charge in [-0.25, -0.2) is 9.50 Å². The van der Waals surface area contributed by atoms with E-state index in [0.717, 1.165) is 17.0 Å². The van der Waals surface area contributed by atoms with Crippen LogP contribution < -0.4 is 14.8 Å². The van der Waals surface area contributed by atoms with Crippen LogP contribution in [0.3, 0.4) is 0 Å². The van der Waals surface area contributed by atoms with Crippen LogP contribution in [0.25, 0.3) is 5.78 Å². The number of carbonyl (C=O) groups is 1. The maximum Gasteiger partial charge on any atom is 0.252 e. The number of nitrogens with zero attached hydrogens (tertiary/aromatic N) is 4. The van der Waals surface area contributed by atoms with Crippen LogP contribution in [-0.4, -0.2) is 39.7 Å². The van der Waals surface area contributed by atoms with Gasteiger partial charge in [-0.15, -0.1) is 0 Å². The summed E-state index contributed by atoms with van der Waals surface area (Å²) in [7, 11) is 3.05. The summed E-state index contributed by atoms with van der Waals surface area (Å²) in [6.45, 7) is 3.84. The lowest BCUT2D eigenvalue weighted by molar-refractivity contribution is -0.116. The first-order valence-corrected chi connectivity index (χ1v) is 8.69. The smallest absolute Gasteiger partial charge is 0.252 e. The summed E-state index contributed by atoms with van der Waals surface area (Å²) in [6, 6.07) is 3.24. The zero-order chi connectivity index (χ0) is 19.6. The van der Waals surface area contributed by atoms with Crippen LogP contribution in [0.4, 0.5) is 5.69 Å². The van der Waals surface area contributed by atoms with Crippen molar-refractivity contribution in [2.45, 2.75) is 26.7 Å². The number of ether oxygens (including phenoxy) is 2. The lowest BCUT2D eigenvalue weighted by atomic mass is 10.1. The van der Waals surface area contributed by atoms with E-state index in [0.29, 0.717) is 34.4 Å². The molecule has 0 aliphatic heterocycles. The van der Waals surface area contributed by atoms with Crippen LogP contribution >= 0.6 is 11.6 Å². The van der Waals surface area contributed by atoms with Crippen molar-refractivity contribution in [2.75, 3.05) is 19.5 Å². The summed E-state index contributed by atoms with van der Waals surface area (Å²) in [5.41, 5.74) is 3.20. The number of aromatic nitrogens is 4. The molecule has 1 aromatic carbocycles. The number of aryl methyl sites for hydroxylation is 2. The first kappa shape index (κ1) is 18.9. The molecule has 1 amide bonds. The monoisotopic (exact) mass is 389 g/mol. The summed E-state index contributed by atoms with van der Waals surface area (Å²) >= 11 is 6.22. The van der Waals surface area contributed by atoms with Crippen molar-refractivity contribution >= 4 is 29.0 Å². The lowest BCUT2D eigenvalue weighted by Gasteiger charge is -2.13. The van der Waals surface area contributed by atoms with E-state index in [9.17, 15) is 4.79 Å². The largest absolute Gasteiger partial charge is 0.493 e. The van der Waals surface area contributed by atoms with Crippen molar-refractivity contribution in [2.24, 2.45) is 0 Å².